The van der Waals surface area contributed by atoms with Crippen LogP contribution in [0.25, 0.3) is 0 Å². The minimum Gasteiger partial charge on any atom is -0.221 e. The van der Waals surface area contributed by atoms with E-state index in [1.54, 1.807) is 0 Å². The second-order valence-corrected chi connectivity index (χ2v) is 4.47. The molecule has 0 amide bonds. The van der Waals surface area contributed by atoms with Crippen molar-refractivity contribution >= 4 is 0 Å². The molecule has 0 radical (unpaired) electrons. The van der Waals surface area contributed by atoms with E-state index in [1.165, 1.54) is 19.3 Å². The van der Waals surface area contributed by atoms with Gasteiger partial charge in [0.25, 0.3) is 0 Å². The number of rotatable bonds is 9. The Morgan fingerprint density at radius 1 is 1.00 bits per heavy atom. The van der Waals surface area contributed by atoms with Crippen LogP contribution in [0, 0.1) is 11.8 Å². The Hall–Kier alpha value is -0.120. The zero-order valence-corrected chi connectivity index (χ0v) is 9.66. The zero-order chi connectivity index (χ0) is 10.8. The van der Waals surface area contributed by atoms with Crippen LogP contribution in [0.1, 0.15) is 52.9 Å². The molecule has 0 aliphatic heterocycles. The van der Waals surface area contributed by atoms with E-state index in [-0.39, 0.29) is 0 Å². The van der Waals surface area contributed by atoms with E-state index < -0.39 is 0 Å². The van der Waals surface area contributed by atoms with Crippen LogP contribution >= 0.6 is 0 Å². The van der Waals surface area contributed by atoms with E-state index in [0.29, 0.717) is 6.61 Å². The van der Waals surface area contributed by atoms with E-state index >= 15 is 0 Å². The lowest BCUT2D eigenvalue weighted by Gasteiger charge is -2.11. The Labute approximate surface area is 87.3 Å². The van der Waals surface area contributed by atoms with E-state index in [2.05, 4.69) is 30.7 Å². The van der Waals surface area contributed by atoms with Crippen LogP contribution in [0.3, 0.4) is 0 Å². The number of hydrogen-bond donors (Lipinski definition) is 1. The molecular formula is C11H24O3. The highest BCUT2D eigenvalue weighted by atomic mass is 17.5. The van der Waals surface area contributed by atoms with Gasteiger partial charge in [0.15, 0.2) is 0 Å². The molecule has 0 aromatic heterocycles. The smallest absolute Gasteiger partial charge is 0.0853 e. The van der Waals surface area contributed by atoms with Gasteiger partial charge >= 0.3 is 0 Å². The fraction of sp³-hybridized carbons (Fsp3) is 1.00. The molecule has 3 heteroatoms. The lowest BCUT2D eigenvalue weighted by Crippen LogP contribution is -2.00. The quantitative estimate of drug-likeness (QED) is 0.354. The summed E-state index contributed by atoms with van der Waals surface area (Å²) in [6.45, 7) is 7.26. The molecular weight excluding hydrogens is 180 g/mol. The molecule has 0 bridgehead atoms. The van der Waals surface area contributed by atoms with Gasteiger partial charge in [-0.2, -0.15) is 0 Å². The molecule has 0 aliphatic carbocycles. The van der Waals surface area contributed by atoms with Crippen LogP contribution in [-0.4, -0.2) is 11.9 Å². The fourth-order valence-electron chi connectivity index (χ4n) is 1.55. The van der Waals surface area contributed by atoms with Gasteiger partial charge in [-0.3, -0.25) is 0 Å². The highest BCUT2D eigenvalue weighted by Gasteiger charge is 2.03. The summed E-state index contributed by atoms with van der Waals surface area (Å²) < 4.78 is 0. The van der Waals surface area contributed by atoms with Gasteiger partial charge < -0.3 is 0 Å². The van der Waals surface area contributed by atoms with Crippen molar-refractivity contribution in [3.8, 4) is 0 Å². The van der Waals surface area contributed by atoms with Gasteiger partial charge in [-0.1, -0.05) is 45.1 Å². The standard InChI is InChI=1S/C11H24O3/c1-10(2)6-4-7-11(3)8-5-9-13-14-12/h10-12H,4-9H2,1-3H3. The Balaban J connectivity index is 3.15. The van der Waals surface area contributed by atoms with E-state index in [9.17, 15) is 0 Å². The van der Waals surface area contributed by atoms with Gasteiger partial charge in [0.05, 0.1) is 6.61 Å². The summed E-state index contributed by atoms with van der Waals surface area (Å²) in [7, 11) is 0. The first kappa shape index (κ1) is 13.9. The van der Waals surface area contributed by atoms with E-state index in [1.807, 2.05) is 0 Å². The molecule has 14 heavy (non-hydrogen) atoms. The van der Waals surface area contributed by atoms with Gasteiger partial charge in [-0.05, 0) is 24.7 Å². The van der Waals surface area contributed by atoms with Crippen molar-refractivity contribution in [3.63, 3.8) is 0 Å². The minimum atomic E-state index is 0.477. The average molecular weight is 204 g/mol. The van der Waals surface area contributed by atoms with Crippen LogP contribution in [0.4, 0.5) is 0 Å². The lowest BCUT2D eigenvalue weighted by molar-refractivity contribution is -0.490. The third-order valence-corrected chi connectivity index (χ3v) is 2.46. The highest BCUT2D eigenvalue weighted by molar-refractivity contribution is 4.55. The summed E-state index contributed by atoms with van der Waals surface area (Å²) in [6.07, 6.45) is 6.01. The van der Waals surface area contributed by atoms with Crippen molar-refractivity contribution in [1.29, 1.82) is 0 Å². The fourth-order valence-corrected chi connectivity index (χ4v) is 1.55. The summed E-state index contributed by atoms with van der Waals surface area (Å²) in [5, 5.41) is 11.4. The van der Waals surface area contributed by atoms with Crippen LogP contribution < -0.4 is 0 Å². The van der Waals surface area contributed by atoms with Crippen molar-refractivity contribution in [1.82, 2.24) is 0 Å². The maximum Gasteiger partial charge on any atom is 0.0853 e. The SMILES string of the molecule is CC(C)CCCC(C)CCCOOO. The van der Waals surface area contributed by atoms with Gasteiger partial charge in [-0.25, -0.2) is 10.1 Å². The van der Waals surface area contributed by atoms with Gasteiger partial charge in [-0.15, -0.1) is 0 Å². The second-order valence-electron chi connectivity index (χ2n) is 4.47. The molecule has 0 spiro atoms. The Morgan fingerprint density at radius 3 is 2.21 bits per heavy atom. The molecule has 1 unspecified atom stereocenters. The summed E-state index contributed by atoms with van der Waals surface area (Å²) >= 11 is 0. The molecule has 1 N–H and O–H groups in total. The third-order valence-electron chi connectivity index (χ3n) is 2.46. The van der Waals surface area contributed by atoms with Gasteiger partial charge in [0.1, 0.15) is 0 Å². The molecule has 0 rings (SSSR count). The highest BCUT2D eigenvalue weighted by Crippen LogP contribution is 2.16. The van der Waals surface area contributed by atoms with E-state index in [4.69, 9.17) is 5.26 Å². The predicted molar refractivity (Wildman–Crippen MR) is 56.8 cm³/mol. The molecule has 0 saturated heterocycles. The summed E-state index contributed by atoms with van der Waals surface area (Å²) in [5.74, 6) is 1.56. The third kappa shape index (κ3) is 9.96. The van der Waals surface area contributed by atoms with Gasteiger partial charge in [0.2, 0.25) is 0 Å². The first-order valence-corrected chi connectivity index (χ1v) is 5.59. The molecule has 1 atom stereocenters. The molecule has 0 fully saturated rings. The molecule has 0 aliphatic rings. The molecule has 0 saturated carbocycles. The number of hydrogen-bond acceptors (Lipinski definition) is 3. The molecule has 3 nitrogen and oxygen atoms in total. The average Bonchev–Trinajstić information content (AvgIpc) is 2.12. The topological polar surface area (TPSA) is 38.7 Å². The van der Waals surface area contributed by atoms with Crippen molar-refractivity contribution in [2.75, 3.05) is 6.61 Å². The summed E-state index contributed by atoms with van der Waals surface area (Å²) in [5.41, 5.74) is 0. The molecule has 0 aromatic carbocycles. The van der Waals surface area contributed by atoms with E-state index in [0.717, 1.165) is 24.7 Å². The minimum absolute atomic E-state index is 0.477. The monoisotopic (exact) mass is 204 g/mol. The molecule has 0 aromatic rings. The lowest BCUT2D eigenvalue weighted by atomic mass is 9.96. The first-order chi connectivity index (χ1) is 6.66. The van der Waals surface area contributed by atoms with Gasteiger partial charge in [0, 0.05) is 0 Å². The maximum atomic E-state index is 7.91. The Morgan fingerprint density at radius 2 is 1.64 bits per heavy atom. The van der Waals surface area contributed by atoms with Crippen LogP contribution in [0.15, 0.2) is 0 Å². The van der Waals surface area contributed by atoms with Crippen molar-refractivity contribution < 1.29 is 15.2 Å². The van der Waals surface area contributed by atoms with Crippen LogP contribution in [-0.2, 0) is 9.93 Å². The Kier molecular flexibility index (Phi) is 9.35. The van der Waals surface area contributed by atoms with Crippen LogP contribution in [0.2, 0.25) is 0 Å². The first-order valence-electron chi connectivity index (χ1n) is 5.59. The molecule has 0 heterocycles. The van der Waals surface area contributed by atoms with Crippen LogP contribution in [0.5, 0.6) is 0 Å². The van der Waals surface area contributed by atoms with Crippen molar-refractivity contribution in [3.05, 3.63) is 0 Å². The predicted octanol–water partition coefficient (Wildman–Crippen LogP) is 3.65. The summed E-state index contributed by atoms with van der Waals surface area (Å²) in [6, 6.07) is 0. The maximum absolute atomic E-state index is 7.91. The summed E-state index contributed by atoms with van der Waals surface area (Å²) in [4.78, 5) is 4.38. The second kappa shape index (κ2) is 9.44. The van der Waals surface area contributed by atoms with Crippen molar-refractivity contribution in [2.24, 2.45) is 11.8 Å². The zero-order valence-electron chi connectivity index (χ0n) is 9.66. The normalized spacial score (nSPS) is 13.5. The largest absolute Gasteiger partial charge is 0.221 e. The molecule has 86 valence electrons. The Bertz CT molecular complexity index is 115. The van der Waals surface area contributed by atoms with Crippen molar-refractivity contribution in [2.45, 2.75) is 52.9 Å².